The number of carbonyl (C=O) groups excluding carboxylic acids is 3. The highest BCUT2D eigenvalue weighted by Crippen LogP contribution is 2.63. The fraction of sp³-hybridized carbons (Fsp3) is 0.176. The van der Waals surface area contributed by atoms with Crippen LogP contribution in [0.1, 0.15) is 39.3 Å². The Bertz CT molecular complexity index is 1870. The third kappa shape index (κ3) is 4.00. The zero-order valence-corrected chi connectivity index (χ0v) is 24.2. The van der Waals surface area contributed by atoms with Gasteiger partial charge in [-0.05, 0) is 52.4 Å². The van der Waals surface area contributed by atoms with Gasteiger partial charge in [-0.2, -0.15) is 5.10 Å². The molecule has 44 heavy (non-hydrogen) atoms. The van der Waals surface area contributed by atoms with Crippen LogP contribution in [0, 0.1) is 28.9 Å². The minimum Gasteiger partial charge on any atom is -0.274 e. The largest absolute Gasteiger partial charge is 0.274 e. The van der Waals surface area contributed by atoms with E-state index in [1.807, 2.05) is 55.5 Å². The van der Waals surface area contributed by atoms with Crippen molar-refractivity contribution in [1.29, 1.82) is 0 Å². The molecule has 1 saturated heterocycles. The van der Waals surface area contributed by atoms with E-state index in [9.17, 15) is 24.5 Å². The van der Waals surface area contributed by atoms with E-state index in [0.717, 1.165) is 27.8 Å². The summed E-state index contributed by atoms with van der Waals surface area (Å²) in [4.78, 5) is 53.5. The van der Waals surface area contributed by atoms with Gasteiger partial charge in [-0.25, -0.2) is 10.3 Å². The van der Waals surface area contributed by atoms with Crippen LogP contribution in [0.25, 0.3) is 0 Å². The van der Waals surface area contributed by atoms with Gasteiger partial charge in [0.15, 0.2) is 0 Å². The maximum atomic E-state index is 14.5. The van der Waals surface area contributed by atoms with Crippen molar-refractivity contribution in [3.63, 3.8) is 0 Å². The van der Waals surface area contributed by atoms with Crippen LogP contribution < -0.4 is 10.3 Å². The number of nitrogens with zero attached hydrogens (tertiary/aromatic N) is 3. The summed E-state index contributed by atoms with van der Waals surface area (Å²) in [6.45, 7) is 1.84. The number of carbonyl (C=O) groups is 3. The molecular weight excluding hydrogens is 580 g/mol. The number of hydrogen-bond donors (Lipinski definition) is 1. The minimum atomic E-state index is -1.14. The number of halogens is 1. The molecule has 3 aliphatic carbocycles. The molecule has 0 aromatic heterocycles. The highest BCUT2D eigenvalue weighted by atomic mass is 35.5. The van der Waals surface area contributed by atoms with E-state index < -0.39 is 28.1 Å². The van der Waals surface area contributed by atoms with Crippen LogP contribution in [0.15, 0.2) is 96.1 Å². The molecule has 1 fully saturated rings. The van der Waals surface area contributed by atoms with Crippen molar-refractivity contribution >= 4 is 46.9 Å². The van der Waals surface area contributed by atoms with Crippen molar-refractivity contribution in [3.05, 3.63) is 140 Å². The van der Waals surface area contributed by atoms with E-state index in [2.05, 4.69) is 10.5 Å². The number of benzene rings is 4. The summed E-state index contributed by atoms with van der Waals surface area (Å²) in [6.07, 6.45) is 1.55. The van der Waals surface area contributed by atoms with Crippen LogP contribution in [0.5, 0.6) is 0 Å². The highest BCUT2D eigenvalue weighted by molar-refractivity contribution is 6.31. The van der Waals surface area contributed by atoms with Crippen LogP contribution >= 0.6 is 11.6 Å². The second-order valence-corrected chi connectivity index (χ2v) is 11.8. The van der Waals surface area contributed by atoms with Crippen molar-refractivity contribution in [2.45, 2.75) is 24.7 Å². The van der Waals surface area contributed by atoms with Crippen molar-refractivity contribution < 1.29 is 19.3 Å². The first-order chi connectivity index (χ1) is 21.2. The SMILES string of the molecule is Cc1ccc(Cl)cc1N1C(=O)[C@H]2C3c4ccccc4C(/C=N\NC(=O)Cc4ccc([N+](=O)[O-])cc4)(c4ccccc43)[C@H]2C1=O. The zero-order valence-electron chi connectivity index (χ0n) is 23.4. The molecule has 1 N–H and O–H groups in total. The van der Waals surface area contributed by atoms with E-state index in [0.29, 0.717) is 16.3 Å². The molecule has 1 heterocycles. The molecular formula is C34H25ClN4O5. The molecule has 0 spiro atoms. The number of hydrogen-bond acceptors (Lipinski definition) is 6. The molecule has 4 aliphatic rings. The molecule has 218 valence electrons. The molecule has 4 aromatic rings. The lowest BCUT2D eigenvalue weighted by molar-refractivity contribution is -0.384. The highest BCUT2D eigenvalue weighted by Gasteiger charge is 2.68. The normalized spacial score (nSPS) is 23.0. The van der Waals surface area contributed by atoms with E-state index in [-0.39, 0.29) is 29.8 Å². The number of non-ortho nitro benzene ring substituents is 1. The summed E-state index contributed by atoms with van der Waals surface area (Å²) in [6, 6.07) is 26.5. The molecule has 10 heteroatoms. The number of imide groups is 1. The molecule has 8 rings (SSSR count). The van der Waals surface area contributed by atoms with Crippen LogP contribution in [-0.2, 0) is 26.2 Å². The topological polar surface area (TPSA) is 122 Å². The molecule has 2 atom stereocenters. The standard InChI is InChI=1S/C34H25ClN4O5/c1-19-10-13-21(35)17-27(19)38-32(41)30-29-23-6-2-4-8-25(23)34(31(30)33(38)42,26-9-5-3-7-24(26)29)18-36-37-28(40)16-20-11-14-22(15-12-20)39(43)44/h2-15,17-18,29-31H,16H2,1H3,(H,37,40)/b36-18-/t29?,30-,31+,34?/m0/s1. The Morgan fingerprint density at radius 2 is 1.61 bits per heavy atom. The monoisotopic (exact) mass is 604 g/mol. The third-order valence-electron chi connectivity index (χ3n) is 9.07. The van der Waals surface area contributed by atoms with E-state index in [1.165, 1.54) is 29.2 Å². The predicted molar refractivity (Wildman–Crippen MR) is 165 cm³/mol. The van der Waals surface area contributed by atoms with Crippen LogP contribution in [-0.4, -0.2) is 28.9 Å². The number of aryl methyl sites for hydroxylation is 1. The van der Waals surface area contributed by atoms with Gasteiger partial charge in [-0.1, -0.05) is 78.3 Å². The van der Waals surface area contributed by atoms with Crippen LogP contribution in [0.2, 0.25) is 5.02 Å². The van der Waals surface area contributed by atoms with Crippen molar-refractivity contribution in [2.75, 3.05) is 4.90 Å². The fourth-order valence-electron chi connectivity index (χ4n) is 7.28. The molecule has 0 unspecified atom stereocenters. The minimum absolute atomic E-state index is 0.0527. The number of nitro benzene ring substituents is 1. The quantitative estimate of drug-likeness (QED) is 0.136. The second kappa shape index (κ2) is 10.2. The van der Waals surface area contributed by atoms with Crippen molar-refractivity contribution in [1.82, 2.24) is 5.43 Å². The molecule has 0 saturated carbocycles. The average molecular weight is 605 g/mol. The Kier molecular flexibility index (Phi) is 6.44. The summed E-state index contributed by atoms with van der Waals surface area (Å²) >= 11 is 6.32. The van der Waals surface area contributed by atoms with Crippen LogP contribution in [0.3, 0.4) is 0 Å². The number of amides is 3. The Morgan fingerprint density at radius 3 is 2.25 bits per heavy atom. The summed E-state index contributed by atoms with van der Waals surface area (Å²) in [5, 5.41) is 15.8. The molecule has 1 aliphatic heterocycles. The maximum absolute atomic E-state index is 14.5. The van der Waals surface area contributed by atoms with Gasteiger partial charge in [-0.15, -0.1) is 0 Å². The fourth-order valence-corrected chi connectivity index (χ4v) is 7.44. The number of anilines is 1. The summed E-state index contributed by atoms with van der Waals surface area (Å²) in [7, 11) is 0. The molecule has 4 aromatic carbocycles. The molecule has 0 radical (unpaired) electrons. The van der Waals surface area contributed by atoms with Gasteiger partial charge in [0, 0.05) is 29.3 Å². The van der Waals surface area contributed by atoms with Crippen molar-refractivity contribution in [2.24, 2.45) is 16.9 Å². The lowest BCUT2D eigenvalue weighted by Gasteiger charge is -2.52. The Hall–Kier alpha value is -5.15. The lowest BCUT2D eigenvalue weighted by atomic mass is 9.47. The Balaban J connectivity index is 1.32. The second-order valence-electron chi connectivity index (χ2n) is 11.4. The average Bonchev–Trinajstić information content (AvgIpc) is 3.29. The van der Waals surface area contributed by atoms with Gasteiger partial charge in [0.2, 0.25) is 17.7 Å². The number of hydrazone groups is 1. The van der Waals surface area contributed by atoms with E-state index in [4.69, 9.17) is 11.6 Å². The van der Waals surface area contributed by atoms with E-state index in [1.54, 1.807) is 24.4 Å². The Labute approximate surface area is 257 Å². The maximum Gasteiger partial charge on any atom is 0.269 e. The van der Waals surface area contributed by atoms with Crippen LogP contribution in [0.4, 0.5) is 11.4 Å². The van der Waals surface area contributed by atoms with Gasteiger partial charge >= 0.3 is 0 Å². The van der Waals surface area contributed by atoms with Gasteiger partial charge < -0.3 is 0 Å². The molecule has 9 nitrogen and oxygen atoms in total. The van der Waals surface area contributed by atoms with E-state index >= 15 is 0 Å². The number of nitrogens with one attached hydrogen (secondary N) is 1. The molecule has 3 amide bonds. The van der Waals surface area contributed by atoms with Gasteiger partial charge in [-0.3, -0.25) is 24.5 Å². The first-order valence-electron chi connectivity index (χ1n) is 14.1. The predicted octanol–water partition coefficient (Wildman–Crippen LogP) is 5.45. The van der Waals surface area contributed by atoms with Gasteiger partial charge in [0.25, 0.3) is 5.69 Å². The molecule has 2 bridgehead atoms. The number of rotatable bonds is 6. The smallest absolute Gasteiger partial charge is 0.269 e. The third-order valence-corrected chi connectivity index (χ3v) is 9.30. The van der Waals surface area contributed by atoms with Gasteiger partial charge in [0.1, 0.15) is 0 Å². The number of nitro groups is 1. The Morgan fingerprint density at radius 1 is 0.977 bits per heavy atom. The van der Waals surface area contributed by atoms with Gasteiger partial charge in [0.05, 0.1) is 34.3 Å². The zero-order chi connectivity index (χ0) is 30.7. The summed E-state index contributed by atoms with van der Waals surface area (Å²) < 4.78 is 0. The summed E-state index contributed by atoms with van der Waals surface area (Å²) in [5.41, 5.74) is 6.80. The first-order valence-corrected chi connectivity index (χ1v) is 14.5. The first kappa shape index (κ1) is 27.7. The summed E-state index contributed by atoms with van der Waals surface area (Å²) in [5.74, 6) is -2.90. The lowest BCUT2D eigenvalue weighted by Crippen LogP contribution is -2.54. The van der Waals surface area contributed by atoms with Crippen molar-refractivity contribution in [3.8, 4) is 0 Å².